The third-order valence-corrected chi connectivity index (χ3v) is 6.65. The molecule has 0 aromatic carbocycles. The maximum atomic E-state index is 14.8. The number of pyridine rings is 2. The fourth-order valence-corrected chi connectivity index (χ4v) is 5.17. The van der Waals surface area contributed by atoms with Crippen molar-refractivity contribution in [3.8, 4) is 0 Å². The van der Waals surface area contributed by atoms with Crippen molar-refractivity contribution in [2.75, 3.05) is 29.4 Å². The van der Waals surface area contributed by atoms with Crippen molar-refractivity contribution in [1.29, 1.82) is 0 Å². The minimum Gasteiger partial charge on any atom is -0.371 e. The molecule has 0 spiro atoms. The van der Waals surface area contributed by atoms with Crippen LogP contribution < -0.4 is 15.1 Å². The van der Waals surface area contributed by atoms with Crippen molar-refractivity contribution < 1.29 is 9.18 Å². The number of rotatable bonds is 3. The van der Waals surface area contributed by atoms with Gasteiger partial charge in [0.15, 0.2) is 0 Å². The topological polar surface area (TPSA) is 61.4 Å². The number of amides is 1. The third kappa shape index (κ3) is 3.01. The SMILES string of the molecule is O=C1C2=C(CCN1c1ccncc1)NC(c1ccc(N3CCCC3)nc1F)S2. The van der Waals surface area contributed by atoms with Crippen molar-refractivity contribution in [1.82, 2.24) is 15.3 Å². The molecule has 0 bridgehead atoms. The van der Waals surface area contributed by atoms with E-state index in [-0.39, 0.29) is 11.3 Å². The standard InChI is InChI=1S/C20H20FN5OS/c21-18-14(3-4-16(24-18)25-10-1-2-11-25)19-23-15-7-12-26(20(27)17(15)28-19)13-5-8-22-9-6-13/h3-6,8-9,19,23H,1-2,7,10-12H2. The van der Waals surface area contributed by atoms with E-state index in [9.17, 15) is 9.18 Å². The summed E-state index contributed by atoms with van der Waals surface area (Å²) in [5.41, 5.74) is 2.22. The van der Waals surface area contributed by atoms with Crippen LogP contribution in [0.2, 0.25) is 0 Å². The first-order valence-corrected chi connectivity index (χ1v) is 10.4. The van der Waals surface area contributed by atoms with Gasteiger partial charge in [0, 0.05) is 55.4 Å². The average Bonchev–Trinajstić information content (AvgIpc) is 3.39. The molecule has 0 radical (unpaired) electrons. The molecule has 1 amide bonds. The Labute approximate surface area is 166 Å². The highest BCUT2D eigenvalue weighted by Crippen LogP contribution is 2.45. The lowest BCUT2D eigenvalue weighted by Gasteiger charge is -2.27. The van der Waals surface area contributed by atoms with Gasteiger partial charge in [-0.05, 0) is 37.1 Å². The summed E-state index contributed by atoms with van der Waals surface area (Å²) in [4.78, 5) is 25.7. The number of nitrogens with one attached hydrogen (secondary N) is 1. The molecule has 0 aliphatic carbocycles. The molecule has 1 atom stereocenters. The van der Waals surface area contributed by atoms with Gasteiger partial charge in [0.25, 0.3) is 5.91 Å². The second-order valence-electron chi connectivity index (χ2n) is 7.11. The lowest BCUT2D eigenvalue weighted by atomic mass is 10.1. The lowest BCUT2D eigenvalue weighted by molar-refractivity contribution is -0.114. The van der Waals surface area contributed by atoms with Crippen molar-refractivity contribution in [3.05, 3.63) is 58.8 Å². The molecule has 28 heavy (non-hydrogen) atoms. The quantitative estimate of drug-likeness (QED) is 0.803. The number of hydrogen-bond acceptors (Lipinski definition) is 6. The Bertz CT molecular complexity index is 945. The summed E-state index contributed by atoms with van der Waals surface area (Å²) in [5, 5.41) is 3.00. The molecule has 1 N–H and O–H groups in total. The first kappa shape index (κ1) is 17.5. The number of halogens is 1. The van der Waals surface area contributed by atoms with Crippen LogP contribution in [0.1, 0.15) is 30.2 Å². The molecule has 1 unspecified atom stereocenters. The van der Waals surface area contributed by atoms with Crippen molar-refractivity contribution in [3.63, 3.8) is 0 Å². The van der Waals surface area contributed by atoms with Gasteiger partial charge in [-0.25, -0.2) is 4.98 Å². The monoisotopic (exact) mass is 397 g/mol. The first-order chi connectivity index (χ1) is 13.7. The molecule has 144 valence electrons. The molecular formula is C20H20FN5OS. The minimum atomic E-state index is -0.465. The van der Waals surface area contributed by atoms with Gasteiger partial charge in [-0.1, -0.05) is 11.8 Å². The van der Waals surface area contributed by atoms with Crippen LogP contribution in [-0.2, 0) is 4.79 Å². The van der Waals surface area contributed by atoms with E-state index >= 15 is 0 Å². The maximum absolute atomic E-state index is 14.8. The zero-order valence-corrected chi connectivity index (χ0v) is 16.1. The zero-order chi connectivity index (χ0) is 19.1. The molecular weight excluding hydrogens is 377 g/mol. The van der Waals surface area contributed by atoms with E-state index in [1.165, 1.54) is 11.8 Å². The molecule has 6 nitrogen and oxygen atoms in total. The number of carbonyl (C=O) groups excluding carboxylic acids is 1. The second kappa shape index (κ2) is 7.09. The third-order valence-electron chi connectivity index (χ3n) is 5.39. The number of nitrogens with zero attached hydrogens (tertiary/aromatic N) is 4. The van der Waals surface area contributed by atoms with Crippen molar-refractivity contribution >= 4 is 29.2 Å². The van der Waals surface area contributed by atoms with Gasteiger partial charge in [0.2, 0.25) is 5.95 Å². The molecule has 5 rings (SSSR count). The van der Waals surface area contributed by atoms with Gasteiger partial charge < -0.3 is 15.1 Å². The zero-order valence-electron chi connectivity index (χ0n) is 15.3. The van der Waals surface area contributed by atoms with Crippen LogP contribution in [0.25, 0.3) is 0 Å². The summed E-state index contributed by atoms with van der Waals surface area (Å²) >= 11 is 1.37. The summed E-state index contributed by atoms with van der Waals surface area (Å²) in [5.74, 6) is 0.182. The largest absolute Gasteiger partial charge is 0.371 e. The molecule has 0 saturated carbocycles. The summed E-state index contributed by atoms with van der Waals surface area (Å²) < 4.78 is 14.8. The maximum Gasteiger partial charge on any atom is 0.266 e. The average molecular weight is 397 g/mol. The number of anilines is 2. The Hall–Kier alpha value is -2.61. The Balaban J connectivity index is 1.35. The molecule has 1 fully saturated rings. The highest BCUT2D eigenvalue weighted by molar-refractivity contribution is 8.04. The molecule has 3 aliphatic heterocycles. The molecule has 8 heteroatoms. The smallest absolute Gasteiger partial charge is 0.266 e. The number of carbonyl (C=O) groups is 1. The summed E-state index contributed by atoms with van der Waals surface area (Å²) in [7, 11) is 0. The van der Waals surface area contributed by atoms with Crippen LogP contribution in [0.4, 0.5) is 15.9 Å². The van der Waals surface area contributed by atoms with E-state index < -0.39 is 5.95 Å². The number of aromatic nitrogens is 2. The predicted octanol–water partition coefficient (Wildman–Crippen LogP) is 3.20. The van der Waals surface area contributed by atoms with Crippen LogP contribution in [0.3, 0.4) is 0 Å². The van der Waals surface area contributed by atoms with E-state index in [0.29, 0.717) is 29.3 Å². The van der Waals surface area contributed by atoms with Crippen LogP contribution in [0.15, 0.2) is 47.3 Å². The minimum absolute atomic E-state index is 0.0468. The van der Waals surface area contributed by atoms with Gasteiger partial charge in [-0.3, -0.25) is 9.78 Å². The van der Waals surface area contributed by atoms with Crippen LogP contribution >= 0.6 is 11.8 Å². The van der Waals surface area contributed by atoms with Gasteiger partial charge in [0.1, 0.15) is 11.2 Å². The summed E-state index contributed by atoms with van der Waals surface area (Å²) in [6.07, 6.45) is 6.32. The van der Waals surface area contributed by atoms with E-state index in [4.69, 9.17) is 0 Å². The second-order valence-corrected chi connectivity index (χ2v) is 8.22. The van der Waals surface area contributed by atoms with Gasteiger partial charge in [0.05, 0.1) is 4.91 Å². The van der Waals surface area contributed by atoms with Gasteiger partial charge in [-0.15, -0.1) is 0 Å². The highest BCUT2D eigenvalue weighted by atomic mass is 32.2. The summed E-state index contributed by atoms with van der Waals surface area (Å²) in [6, 6.07) is 7.34. The summed E-state index contributed by atoms with van der Waals surface area (Å²) in [6.45, 7) is 2.45. The fourth-order valence-electron chi connectivity index (χ4n) is 3.92. The normalized spacial score (nSPS) is 21.9. The molecule has 1 saturated heterocycles. The molecule has 2 aromatic heterocycles. The number of hydrogen-bond donors (Lipinski definition) is 1. The Morgan fingerprint density at radius 3 is 2.64 bits per heavy atom. The lowest BCUT2D eigenvalue weighted by Crippen LogP contribution is -2.37. The van der Waals surface area contributed by atoms with Crippen molar-refractivity contribution in [2.45, 2.75) is 24.6 Å². The first-order valence-electron chi connectivity index (χ1n) is 9.50. The Morgan fingerprint density at radius 2 is 1.89 bits per heavy atom. The van der Waals surface area contributed by atoms with Crippen LogP contribution in [0.5, 0.6) is 0 Å². The van der Waals surface area contributed by atoms with Crippen molar-refractivity contribution in [2.24, 2.45) is 0 Å². The Morgan fingerprint density at radius 1 is 1.11 bits per heavy atom. The van der Waals surface area contributed by atoms with E-state index in [1.54, 1.807) is 23.4 Å². The predicted molar refractivity (Wildman–Crippen MR) is 107 cm³/mol. The highest BCUT2D eigenvalue weighted by Gasteiger charge is 2.37. The molecule has 5 heterocycles. The molecule has 2 aromatic rings. The van der Waals surface area contributed by atoms with Crippen LogP contribution in [0, 0.1) is 5.95 Å². The fraction of sp³-hybridized carbons (Fsp3) is 0.350. The number of thioether (sulfide) groups is 1. The van der Waals surface area contributed by atoms with E-state index in [0.717, 1.165) is 37.3 Å². The Kier molecular flexibility index (Phi) is 4.43. The molecule has 3 aliphatic rings. The van der Waals surface area contributed by atoms with E-state index in [2.05, 4.69) is 20.2 Å². The van der Waals surface area contributed by atoms with Crippen LogP contribution in [-0.4, -0.2) is 35.5 Å². The van der Waals surface area contributed by atoms with Gasteiger partial charge in [-0.2, -0.15) is 4.39 Å². The van der Waals surface area contributed by atoms with Gasteiger partial charge >= 0.3 is 0 Å². The van der Waals surface area contributed by atoms with E-state index in [1.807, 2.05) is 18.2 Å².